The molecule has 6 rings (SSSR count). The summed E-state index contributed by atoms with van der Waals surface area (Å²) in [5, 5.41) is 7.51. The van der Waals surface area contributed by atoms with E-state index in [1.54, 1.807) is 17.1 Å². The Hall–Kier alpha value is -3.23. The first-order chi connectivity index (χ1) is 16.0. The number of nitrogens with zero attached hydrogens (tertiary/aromatic N) is 7. The lowest BCUT2D eigenvalue weighted by atomic mass is 9.94. The van der Waals surface area contributed by atoms with Crippen molar-refractivity contribution in [2.75, 3.05) is 18.0 Å². The first-order valence-electron chi connectivity index (χ1n) is 11.9. The first-order valence-corrected chi connectivity index (χ1v) is 11.9. The van der Waals surface area contributed by atoms with Crippen molar-refractivity contribution in [1.29, 1.82) is 0 Å². The molecule has 9 nitrogen and oxygen atoms in total. The van der Waals surface area contributed by atoms with Crippen molar-refractivity contribution in [3.8, 4) is 0 Å². The summed E-state index contributed by atoms with van der Waals surface area (Å²) in [5.41, 5.74) is 5.35. The fourth-order valence-corrected chi connectivity index (χ4v) is 5.26. The average molecular weight is 447 g/mol. The van der Waals surface area contributed by atoms with Gasteiger partial charge in [0.25, 0.3) is 5.91 Å². The van der Waals surface area contributed by atoms with E-state index < -0.39 is 0 Å². The number of rotatable bonds is 5. The molecule has 9 heteroatoms. The Morgan fingerprint density at radius 3 is 2.76 bits per heavy atom. The maximum absolute atomic E-state index is 12.8. The molecule has 0 bridgehead atoms. The van der Waals surface area contributed by atoms with Gasteiger partial charge in [-0.05, 0) is 50.9 Å². The lowest BCUT2D eigenvalue weighted by molar-refractivity contribution is 0.0936. The Balaban J connectivity index is 1.09. The molecule has 1 atom stereocenters. The molecule has 1 saturated carbocycles. The summed E-state index contributed by atoms with van der Waals surface area (Å²) in [5.74, 6) is 0.712. The minimum atomic E-state index is -0.119. The third-order valence-corrected chi connectivity index (χ3v) is 7.76. The summed E-state index contributed by atoms with van der Waals surface area (Å²) in [6.45, 7) is 4.67. The van der Waals surface area contributed by atoms with Crippen molar-refractivity contribution in [3.05, 3.63) is 53.1 Å². The third-order valence-electron chi connectivity index (χ3n) is 7.76. The first kappa shape index (κ1) is 20.4. The Labute approximate surface area is 193 Å². The van der Waals surface area contributed by atoms with Gasteiger partial charge in [-0.15, -0.1) is 0 Å². The normalized spacial score (nSPS) is 20.8. The Kier molecular flexibility index (Phi) is 4.74. The lowest BCUT2D eigenvalue weighted by Crippen LogP contribution is -2.35. The van der Waals surface area contributed by atoms with Gasteiger partial charge in [0.05, 0.1) is 36.4 Å². The van der Waals surface area contributed by atoms with Gasteiger partial charge in [-0.1, -0.05) is 0 Å². The molecule has 2 aliphatic carbocycles. The number of fused-ring (bicyclic) bond motifs is 1. The van der Waals surface area contributed by atoms with Gasteiger partial charge >= 0.3 is 0 Å². The molecule has 1 saturated heterocycles. The summed E-state index contributed by atoms with van der Waals surface area (Å²) in [4.78, 5) is 29.0. The Bertz CT molecular complexity index is 1200. The number of piperidine rings is 1. The minimum absolute atomic E-state index is 0.0372. The third kappa shape index (κ3) is 3.79. The summed E-state index contributed by atoms with van der Waals surface area (Å²) >= 11 is 0. The van der Waals surface area contributed by atoms with E-state index in [0.717, 1.165) is 48.8 Å². The number of imidazole rings is 1. The number of hydrogen-bond acceptors (Lipinski definition) is 6. The van der Waals surface area contributed by atoms with E-state index in [9.17, 15) is 4.79 Å². The largest absolute Gasteiger partial charge is 0.343 e. The van der Waals surface area contributed by atoms with Crippen LogP contribution in [0.4, 0.5) is 5.95 Å². The summed E-state index contributed by atoms with van der Waals surface area (Å²) in [7, 11) is 1.99. The molecule has 4 heterocycles. The highest BCUT2D eigenvalue weighted by molar-refractivity contribution is 5.94. The molecular weight excluding hydrogens is 416 g/mol. The van der Waals surface area contributed by atoms with Gasteiger partial charge in [0, 0.05) is 49.5 Å². The highest BCUT2D eigenvalue weighted by Gasteiger charge is 2.44. The molecule has 1 spiro atoms. The van der Waals surface area contributed by atoms with Crippen LogP contribution in [0.5, 0.6) is 0 Å². The van der Waals surface area contributed by atoms with Crippen molar-refractivity contribution in [1.82, 2.24) is 34.6 Å². The predicted octanol–water partition coefficient (Wildman–Crippen LogP) is 2.56. The van der Waals surface area contributed by atoms with Crippen molar-refractivity contribution in [2.45, 2.75) is 58.0 Å². The van der Waals surface area contributed by atoms with Crippen molar-refractivity contribution in [3.63, 3.8) is 0 Å². The van der Waals surface area contributed by atoms with E-state index in [-0.39, 0.29) is 11.9 Å². The number of aromatic nitrogens is 6. The number of nitrogens with one attached hydrogen (secondary N) is 1. The van der Waals surface area contributed by atoms with Gasteiger partial charge in [-0.25, -0.2) is 15.0 Å². The second-order valence-electron chi connectivity index (χ2n) is 9.95. The van der Waals surface area contributed by atoms with E-state index >= 15 is 0 Å². The van der Waals surface area contributed by atoms with E-state index in [1.807, 2.05) is 31.1 Å². The van der Waals surface area contributed by atoms with E-state index in [0.29, 0.717) is 17.5 Å². The Morgan fingerprint density at radius 1 is 1.18 bits per heavy atom. The highest BCUT2D eigenvalue weighted by Crippen LogP contribution is 2.53. The van der Waals surface area contributed by atoms with Crippen LogP contribution in [0.25, 0.3) is 0 Å². The molecule has 3 aromatic rings. The van der Waals surface area contributed by atoms with Gasteiger partial charge < -0.3 is 14.8 Å². The molecule has 172 valence electrons. The number of hydrogen-bond donors (Lipinski definition) is 1. The van der Waals surface area contributed by atoms with Crippen LogP contribution in [0.2, 0.25) is 0 Å². The SMILES string of the molecule is Cc1nc(N2CCC3(CC2)CC3)ncc1Cn1cc(C(=O)N[C@@H]2CCc3c2ncn3C)cn1. The molecule has 1 amide bonds. The summed E-state index contributed by atoms with van der Waals surface area (Å²) < 4.78 is 3.81. The fourth-order valence-electron chi connectivity index (χ4n) is 5.26. The van der Waals surface area contributed by atoms with Gasteiger partial charge in [0.15, 0.2) is 0 Å². The highest BCUT2D eigenvalue weighted by atomic mass is 16.1. The monoisotopic (exact) mass is 446 g/mol. The number of aryl methyl sites for hydroxylation is 2. The maximum atomic E-state index is 12.8. The van der Waals surface area contributed by atoms with Crippen LogP contribution in [0.1, 0.15) is 71.1 Å². The van der Waals surface area contributed by atoms with Crippen LogP contribution in [0.3, 0.4) is 0 Å². The van der Waals surface area contributed by atoms with Crippen molar-refractivity contribution in [2.24, 2.45) is 12.5 Å². The molecule has 3 aliphatic rings. The van der Waals surface area contributed by atoms with Gasteiger partial charge in [-0.2, -0.15) is 5.10 Å². The Morgan fingerprint density at radius 2 is 2.00 bits per heavy atom. The van der Waals surface area contributed by atoms with E-state index in [4.69, 9.17) is 4.98 Å². The molecular formula is C24H30N8O. The van der Waals surface area contributed by atoms with Crippen molar-refractivity contribution >= 4 is 11.9 Å². The van der Waals surface area contributed by atoms with Crippen LogP contribution in [-0.4, -0.2) is 48.3 Å². The minimum Gasteiger partial charge on any atom is -0.343 e. The number of carbonyl (C=O) groups is 1. The quantitative estimate of drug-likeness (QED) is 0.647. The number of anilines is 1. The zero-order valence-electron chi connectivity index (χ0n) is 19.3. The molecule has 1 N–H and O–H groups in total. The number of amides is 1. The van der Waals surface area contributed by atoms with Crippen LogP contribution >= 0.6 is 0 Å². The molecule has 1 aliphatic heterocycles. The predicted molar refractivity (Wildman–Crippen MR) is 123 cm³/mol. The van der Waals surface area contributed by atoms with Gasteiger partial charge in [0.2, 0.25) is 5.95 Å². The number of carbonyl (C=O) groups excluding carboxylic acids is 1. The standard InChI is InChI=1S/C24H30N8O/c1-16-17(11-25-23(28-16)31-9-7-24(5-6-24)8-10-31)13-32-14-18(12-27-32)22(33)29-19-3-4-20-21(19)26-15-30(20)2/h11-12,14-15,19H,3-10,13H2,1-2H3,(H,29,33)/t19-/m1/s1. The van der Waals surface area contributed by atoms with Crippen LogP contribution in [0.15, 0.2) is 24.9 Å². The van der Waals surface area contributed by atoms with Gasteiger partial charge in [0.1, 0.15) is 0 Å². The molecule has 3 aromatic heterocycles. The molecule has 0 unspecified atom stereocenters. The summed E-state index contributed by atoms with van der Waals surface area (Å²) in [6.07, 6.45) is 14.3. The van der Waals surface area contributed by atoms with Crippen LogP contribution in [0, 0.1) is 12.3 Å². The lowest BCUT2D eigenvalue weighted by Gasteiger charge is -2.32. The molecule has 33 heavy (non-hydrogen) atoms. The molecule has 0 radical (unpaired) electrons. The van der Waals surface area contributed by atoms with E-state index in [2.05, 4.69) is 25.3 Å². The fraction of sp³-hybridized carbons (Fsp3) is 0.542. The van der Waals surface area contributed by atoms with Crippen LogP contribution < -0.4 is 10.2 Å². The maximum Gasteiger partial charge on any atom is 0.255 e. The van der Waals surface area contributed by atoms with Gasteiger partial charge in [-0.3, -0.25) is 9.48 Å². The molecule has 0 aromatic carbocycles. The van der Waals surface area contributed by atoms with Crippen molar-refractivity contribution < 1.29 is 4.79 Å². The topological polar surface area (TPSA) is 93.8 Å². The van der Waals surface area contributed by atoms with Crippen LogP contribution in [-0.2, 0) is 20.0 Å². The zero-order valence-corrected chi connectivity index (χ0v) is 19.3. The zero-order chi connectivity index (χ0) is 22.6. The summed E-state index contributed by atoms with van der Waals surface area (Å²) in [6, 6.07) is -0.0372. The second kappa shape index (κ2) is 7.67. The molecule has 2 fully saturated rings. The second-order valence-corrected chi connectivity index (χ2v) is 9.95. The average Bonchev–Trinajstić information content (AvgIpc) is 3.15. The van der Waals surface area contributed by atoms with E-state index in [1.165, 1.54) is 31.4 Å². The smallest absolute Gasteiger partial charge is 0.255 e.